The summed E-state index contributed by atoms with van der Waals surface area (Å²) in [5.74, 6) is 1.69. The number of aryl methyl sites for hydroxylation is 2. The highest BCUT2D eigenvalue weighted by Gasteiger charge is 2.09. The van der Waals surface area contributed by atoms with Gasteiger partial charge in [-0.25, -0.2) is 4.98 Å². The molecule has 90 valence electrons. The fourth-order valence-electron chi connectivity index (χ4n) is 1.59. The van der Waals surface area contributed by atoms with E-state index in [-0.39, 0.29) is 5.75 Å². The normalized spacial score (nSPS) is 10.8. The van der Waals surface area contributed by atoms with E-state index in [9.17, 15) is 5.11 Å². The van der Waals surface area contributed by atoms with Crippen molar-refractivity contribution in [3.63, 3.8) is 0 Å². The summed E-state index contributed by atoms with van der Waals surface area (Å²) >= 11 is 0. The van der Waals surface area contributed by atoms with Crippen molar-refractivity contribution >= 4 is 0 Å². The Kier molecular flexibility index (Phi) is 3.10. The Bertz CT molecular complexity index is 535. The first-order valence-electron chi connectivity index (χ1n) is 5.30. The average molecular weight is 233 g/mol. The van der Waals surface area contributed by atoms with Gasteiger partial charge in [-0.05, 0) is 30.7 Å². The standard InChI is InChI=1S/C12H15N3O2/c1-8-6-9(4-5-10(8)16)12-13-11(7-17-3)15(2)14-12/h4-6,16H,7H2,1-3H3. The molecule has 2 aromatic rings. The van der Waals surface area contributed by atoms with Crippen molar-refractivity contribution in [2.24, 2.45) is 7.05 Å². The molecule has 0 saturated heterocycles. The molecule has 0 unspecified atom stereocenters. The lowest BCUT2D eigenvalue weighted by Crippen LogP contribution is -2.00. The molecule has 1 aromatic carbocycles. The predicted octanol–water partition coefficient (Wildman–Crippen LogP) is 1.64. The van der Waals surface area contributed by atoms with Gasteiger partial charge in [-0.3, -0.25) is 4.68 Å². The third-order valence-electron chi connectivity index (χ3n) is 2.58. The molecule has 0 aliphatic rings. The SMILES string of the molecule is COCc1nc(-c2ccc(O)c(C)c2)nn1C. The highest BCUT2D eigenvalue weighted by atomic mass is 16.5. The van der Waals surface area contributed by atoms with Crippen molar-refractivity contribution in [3.05, 3.63) is 29.6 Å². The fourth-order valence-corrected chi connectivity index (χ4v) is 1.59. The summed E-state index contributed by atoms with van der Waals surface area (Å²) in [6.07, 6.45) is 0. The Morgan fingerprint density at radius 3 is 2.82 bits per heavy atom. The van der Waals surface area contributed by atoms with Gasteiger partial charge < -0.3 is 9.84 Å². The fraction of sp³-hybridized carbons (Fsp3) is 0.333. The molecular weight excluding hydrogens is 218 g/mol. The Labute approximate surface area is 99.7 Å². The topological polar surface area (TPSA) is 60.2 Å². The second-order valence-electron chi connectivity index (χ2n) is 3.91. The monoisotopic (exact) mass is 233 g/mol. The Morgan fingerprint density at radius 1 is 1.41 bits per heavy atom. The number of phenols is 1. The number of rotatable bonds is 3. The first-order chi connectivity index (χ1) is 8.11. The van der Waals surface area contributed by atoms with Crippen LogP contribution in [0.25, 0.3) is 11.4 Å². The average Bonchev–Trinajstić information content (AvgIpc) is 2.65. The van der Waals surface area contributed by atoms with Crippen LogP contribution in [-0.2, 0) is 18.4 Å². The lowest BCUT2D eigenvalue weighted by atomic mass is 10.1. The summed E-state index contributed by atoms with van der Waals surface area (Å²) in [7, 11) is 3.46. The Morgan fingerprint density at radius 2 is 2.18 bits per heavy atom. The second kappa shape index (κ2) is 4.55. The van der Waals surface area contributed by atoms with Gasteiger partial charge in [0.1, 0.15) is 12.4 Å². The third kappa shape index (κ3) is 2.29. The minimum Gasteiger partial charge on any atom is -0.508 e. The van der Waals surface area contributed by atoms with Crippen LogP contribution in [0.4, 0.5) is 0 Å². The quantitative estimate of drug-likeness (QED) is 0.875. The molecule has 0 bridgehead atoms. The Balaban J connectivity index is 2.39. The number of nitrogens with zero attached hydrogens (tertiary/aromatic N) is 3. The zero-order valence-corrected chi connectivity index (χ0v) is 10.1. The first-order valence-corrected chi connectivity index (χ1v) is 5.30. The number of hydrogen-bond donors (Lipinski definition) is 1. The summed E-state index contributed by atoms with van der Waals surface area (Å²) in [6, 6.07) is 5.31. The van der Waals surface area contributed by atoms with Gasteiger partial charge in [-0.1, -0.05) is 0 Å². The van der Waals surface area contributed by atoms with Crippen molar-refractivity contribution in [2.75, 3.05) is 7.11 Å². The molecule has 1 N–H and O–H groups in total. The van der Waals surface area contributed by atoms with Crippen LogP contribution in [0, 0.1) is 6.92 Å². The van der Waals surface area contributed by atoms with Gasteiger partial charge in [0.2, 0.25) is 0 Å². The zero-order chi connectivity index (χ0) is 12.4. The number of hydrogen-bond acceptors (Lipinski definition) is 4. The molecule has 1 aromatic heterocycles. The van der Waals surface area contributed by atoms with Crippen molar-refractivity contribution in [1.82, 2.24) is 14.8 Å². The van der Waals surface area contributed by atoms with Crippen molar-refractivity contribution in [1.29, 1.82) is 0 Å². The number of aromatic hydroxyl groups is 1. The minimum absolute atomic E-state index is 0.279. The number of aromatic nitrogens is 3. The van der Waals surface area contributed by atoms with Gasteiger partial charge in [0.15, 0.2) is 11.6 Å². The molecule has 0 aliphatic carbocycles. The van der Waals surface area contributed by atoms with E-state index in [1.165, 1.54) is 0 Å². The van der Waals surface area contributed by atoms with Crippen LogP contribution in [0.15, 0.2) is 18.2 Å². The van der Waals surface area contributed by atoms with E-state index in [1.807, 2.05) is 20.0 Å². The van der Waals surface area contributed by atoms with E-state index in [0.717, 1.165) is 17.0 Å². The molecular formula is C12H15N3O2. The van der Waals surface area contributed by atoms with Crippen LogP contribution in [0.1, 0.15) is 11.4 Å². The minimum atomic E-state index is 0.279. The van der Waals surface area contributed by atoms with Gasteiger partial charge in [0.25, 0.3) is 0 Å². The molecule has 5 nitrogen and oxygen atoms in total. The van der Waals surface area contributed by atoms with Gasteiger partial charge in [0, 0.05) is 19.7 Å². The van der Waals surface area contributed by atoms with Crippen LogP contribution in [0.3, 0.4) is 0 Å². The maximum absolute atomic E-state index is 9.47. The molecule has 0 amide bonds. The molecule has 0 radical (unpaired) electrons. The zero-order valence-electron chi connectivity index (χ0n) is 10.1. The molecule has 2 rings (SSSR count). The number of benzene rings is 1. The smallest absolute Gasteiger partial charge is 0.181 e. The maximum atomic E-state index is 9.47. The highest BCUT2D eigenvalue weighted by Crippen LogP contribution is 2.23. The van der Waals surface area contributed by atoms with Crippen molar-refractivity contribution < 1.29 is 9.84 Å². The molecule has 0 spiro atoms. The van der Waals surface area contributed by atoms with Crippen LogP contribution in [0.5, 0.6) is 5.75 Å². The molecule has 0 saturated carbocycles. The first kappa shape index (κ1) is 11.6. The lowest BCUT2D eigenvalue weighted by Gasteiger charge is -2.00. The van der Waals surface area contributed by atoms with E-state index in [4.69, 9.17) is 4.74 Å². The molecule has 1 heterocycles. The van der Waals surface area contributed by atoms with Crippen LogP contribution in [0.2, 0.25) is 0 Å². The second-order valence-corrected chi connectivity index (χ2v) is 3.91. The number of ether oxygens (including phenoxy) is 1. The summed E-state index contributed by atoms with van der Waals surface area (Å²) in [5.41, 5.74) is 1.70. The largest absolute Gasteiger partial charge is 0.508 e. The van der Waals surface area contributed by atoms with E-state index in [2.05, 4.69) is 10.1 Å². The summed E-state index contributed by atoms with van der Waals surface area (Å²) in [6.45, 7) is 2.28. The summed E-state index contributed by atoms with van der Waals surface area (Å²) in [5, 5.41) is 13.8. The molecule has 0 aliphatic heterocycles. The summed E-state index contributed by atoms with van der Waals surface area (Å²) in [4.78, 5) is 4.39. The van der Waals surface area contributed by atoms with E-state index in [1.54, 1.807) is 23.9 Å². The Hall–Kier alpha value is -1.88. The van der Waals surface area contributed by atoms with Crippen molar-refractivity contribution in [2.45, 2.75) is 13.5 Å². The van der Waals surface area contributed by atoms with Crippen LogP contribution < -0.4 is 0 Å². The molecule has 5 heteroatoms. The molecule has 17 heavy (non-hydrogen) atoms. The van der Waals surface area contributed by atoms with E-state index in [0.29, 0.717) is 12.4 Å². The number of phenolic OH excluding ortho intramolecular Hbond substituents is 1. The van der Waals surface area contributed by atoms with Gasteiger partial charge >= 0.3 is 0 Å². The van der Waals surface area contributed by atoms with Crippen molar-refractivity contribution in [3.8, 4) is 17.1 Å². The van der Waals surface area contributed by atoms with Gasteiger partial charge in [-0.15, -0.1) is 0 Å². The predicted molar refractivity (Wildman–Crippen MR) is 63.6 cm³/mol. The lowest BCUT2D eigenvalue weighted by molar-refractivity contribution is 0.174. The van der Waals surface area contributed by atoms with Crippen LogP contribution in [-0.4, -0.2) is 27.0 Å². The maximum Gasteiger partial charge on any atom is 0.181 e. The van der Waals surface area contributed by atoms with E-state index < -0.39 is 0 Å². The van der Waals surface area contributed by atoms with E-state index >= 15 is 0 Å². The summed E-state index contributed by atoms with van der Waals surface area (Å²) < 4.78 is 6.73. The third-order valence-corrected chi connectivity index (χ3v) is 2.58. The number of methoxy groups -OCH3 is 1. The van der Waals surface area contributed by atoms with Gasteiger partial charge in [0.05, 0.1) is 0 Å². The highest BCUT2D eigenvalue weighted by molar-refractivity contribution is 5.58. The molecule has 0 fully saturated rings. The molecule has 0 atom stereocenters. The van der Waals surface area contributed by atoms with Gasteiger partial charge in [-0.2, -0.15) is 5.10 Å². The van der Waals surface area contributed by atoms with Crippen LogP contribution >= 0.6 is 0 Å².